The maximum absolute atomic E-state index is 12.7. The number of hydrogen-bond donors (Lipinski definition) is 0. The molecule has 22 heavy (non-hydrogen) atoms. The van der Waals surface area contributed by atoms with E-state index in [1.54, 1.807) is 0 Å². The van der Waals surface area contributed by atoms with Gasteiger partial charge in [-0.25, -0.2) is 0 Å². The molecule has 5 heteroatoms. The van der Waals surface area contributed by atoms with Crippen LogP contribution in [0.5, 0.6) is 0 Å². The van der Waals surface area contributed by atoms with Crippen molar-refractivity contribution in [1.82, 2.24) is 15.0 Å². The van der Waals surface area contributed by atoms with Gasteiger partial charge in [0.1, 0.15) is 5.76 Å². The van der Waals surface area contributed by atoms with Gasteiger partial charge in [-0.3, -0.25) is 4.79 Å². The second-order valence-corrected chi connectivity index (χ2v) is 6.90. The highest BCUT2D eigenvalue weighted by Gasteiger charge is 2.50. The largest absolute Gasteiger partial charge is 0.361 e. The zero-order valence-corrected chi connectivity index (χ0v) is 14.0. The van der Waals surface area contributed by atoms with Crippen LogP contribution in [0.25, 0.3) is 0 Å². The monoisotopic (exact) mass is 305 g/mol. The first-order valence-electron chi connectivity index (χ1n) is 8.49. The van der Waals surface area contributed by atoms with Crippen LogP contribution in [0.4, 0.5) is 0 Å². The number of nitrogens with zero attached hydrogens (tertiary/aromatic N) is 3. The van der Waals surface area contributed by atoms with Gasteiger partial charge in [-0.2, -0.15) is 0 Å². The van der Waals surface area contributed by atoms with E-state index in [9.17, 15) is 4.79 Å². The molecule has 0 aliphatic carbocycles. The number of aromatic nitrogens is 1. The molecule has 1 unspecified atom stereocenters. The standard InChI is InChI=1S/C17H27N3O2/c1-4-8-20-11-7-17(16(20)21)6-10-19(12-17)9-5-15-13(2)18-22-14(15)3/h4-12H2,1-3H3. The van der Waals surface area contributed by atoms with Crippen molar-refractivity contribution in [3.05, 3.63) is 17.0 Å². The predicted molar refractivity (Wildman–Crippen MR) is 84.7 cm³/mol. The lowest BCUT2D eigenvalue weighted by atomic mass is 9.85. The van der Waals surface area contributed by atoms with Gasteiger partial charge in [0.25, 0.3) is 0 Å². The van der Waals surface area contributed by atoms with Crippen molar-refractivity contribution in [2.24, 2.45) is 5.41 Å². The molecule has 0 bridgehead atoms. The summed E-state index contributed by atoms with van der Waals surface area (Å²) < 4.78 is 5.23. The lowest BCUT2D eigenvalue weighted by molar-refractivity contribution is -0.135. The minimum absolute atomic E-state index is 0.0894. The van der Waals surface area contributed by atoms with E-state index < -0.39 is 0 Å². The molecule has 1 amide bonds. The normalized spacial score (nSPS) is 25.8. The summed E-state index contributed by atoms with van der Waals surface area (Å²) in [5.74, 6) is 1.33. The number of aryl methyl sites for hydroxylation is 2. The van der Waals surface area contributed by atoms with Crippen LogP contribution in [0.3, 0.4) is 0 Å². The Bertz CT molecular complexity index is 535. The molecule has 2 fully saturated rings. The molecule has 122 valence electrons. The van der Waals surface area contributed by atoms with Crippen LogP contribution in [0, 0.1) is 19.3 Å². The lowest BCUT2D eigenvalue weighted by Crippen LogP contribution is -2.37. The molecule has 1 aromatic rings. The highest BCUT2D eigenvalue weighted by Crippen LogP contribution is 2.40. The Morgan fingerprint density at radius 3 is 2.68 bits per heavy atom. The molecule has 2 aliphatic heterocycles. The van der Waals surface area contributed by atoms with E-state index >= 15 is 0 Å². The Morgan fingerprint density at radius 1 is 1.23 bits per heavy atom. The minimum Gasteiger partial charge on any atom is -0.361 e. The molecule has 0 N–H and O–H groups in total. The van der Waals surface area contributed by atoms with Crippen LogP contribution >= 0.6 is 0 Å². The van der Waals surface area contributed by atoms with E-state index in [-0.39, 0.29) is 5.41 Å². The Kier molecular flexibility index (Phi) is 4.26. The van der Waals surface area contributed by atoms with Gasteiger partial charge < -0.3 is 14.3 Å². The molecule has 5 nitrogen and oxygen atoms in total. The maximum Gasteiger partial charge on any atom is 0.230 e. The summed E-state index contributed by atoms with van der Waals surface area (Å²) >= 11 is 0. The summed E-state index contributed by atoms with van der Waals surface area (Å²) in [4.78, 5) is 17.2. The van der Waals surface area contributed by atoms with Gasteiger partial charge in [0.05, 0.1) is 11.1 Å². The molecule has 2 saturated heterocycles. The average molecular weight is 305 g/mol. The number of amides is 1. The Labute approximate surface area is 132 Å². The molecule has 0 radical (unpaired) electrons. The molecule has 3 rings (SSSR count). The highest BCUT2D eigenvalue weighted by molar-refractivity contribution is 5.85. The third-order valence-corrected chi connectivity index (χ3v) is 5.39. The summed E-state index contributed by atoms with van der Waals surface area (Å²) in [6.45, 7) is 10.9. The quantitative estimate of drug-likeness (QED) is 0.836. The summed E-state index contributed by atoms with van der Waals surface area (Å²) in [5.41, 5.74) is 2.14. The first-order valence-corrected chi connectivity index (χ1v) is 8.49. The van der Waals surface area contributed by atoms with Gasteiger partial charge in [-0.15, -0.1) is 0 Å². The van der Waals surface area contributed by atoms with Gasteiger partial charge in [-0.05, 0) is 46.1 Å². The molecule has 1 aromatic heterocycles. The van der Waals surface area contributed by atoms with Crippen LogP contribution < -0.4 is 0 Å². The molecule has 0 saturated carbocycles. The molecule has 2 aliphatic rings. The van der Waals surface area contributed by atoms with E-state index in [0.717, 1.165) is 69.9 Å². The van der Waals surface area contributed by atoms with Crippen molar-refractivity contribution < 1.29 is 9.32 Å². The molecular formula is C17H27N3O2. The van der Waals surface area contributed by atoms with Gasteiger partial charge in [0.2, 0.25) is 5.91 Å². The van der Waals surface area contributed by atoms with E-state index in [4.69, 9.17) is 4.52 Å². The zero-order valence-electron chi connectivity index (χ0n) is 14.0. The number of rotatable bonds is 5. The highest BCUT2D eigenvalue weighted by atomic mass is 16.5. The fraction of sp³-hybridized carbons (Fsp3) is 0.765. The lowest BCUT2D eigenvalue weighted by Gasteiger charge is -2.23. The zero-order chi connectivity index (χ0) is 15.7. The molecular weight excluding hydrogens is 278 g/mol. The number of carbonyl (C=O) groups is 1. The Balaban J connectivity index is 1.58. The van der Waals surface area contributed by atoms with Gasteiger partial charge in [0, 0.05) is 31.7 Å². The van der Waals surface area contributed by atoms with Crippen molar-refractivity contribution in [3.63, 3.8) is 0 Å². The SMILES string of the molecule is CCCN1CCC2(CCN(CCc3c(C)noc3C)C2)C1=O. The summed E-state index contributed by atoms with van der Waals surface area (Å²) in [5, 5.41) is 4.02. The van der Waals surface area contributed by atoms with Crippen LogP contribution in [0.15, 0.2) is 4.52 Å². The Morgan fingerprint density at radius 2 is 2.00 bits per heavy atom. The van der Waals surface area contributed by atoms with Crippen LogP contribution in [0.2, 0.25) is 0 Å². The molecule has 1 spiro atoms. The van der Waals surface area contributed by atoms with Crippen molar-refractivity contribution >= 4 is 5.91 Å². The third kappa shape index (κ3) is 2.67. The fourth-order valence-corrected chi connectivity index (χ4v) is 4.03. The first-order chi connectivity index (χ1) is 10.6. The summed E-state index contributed by atoms with van der Waals surface area (Å²) in [6, 6.07) is 0. The second-order valence-electron chi connectivity index (χ2n) is 6.90. The van der Waals surface area contributed by atoms with Crippen LogP contribution in [-0.4, -0.2) is 53.6 Å². The Hall–Kier alpha value is -1.36. The van der Waals surface area contributed by atoms with Crippen molar-refractivity contribution in [2.45, 2.75) is 46.5 Å². The van der Waals surface area contributed by atoms with Gasteiger partial charge in [-0.1, -0.05) is 12.1 Å². The van der Waals surface area contributed by atoms with Crippen LogP contribution in [0.1, 0.15) is 43.2 Å². The van der Waals surface area contributed by atoms with Gasteiger partial charge >= 0.3 is 0 Å². The topological polar surface area (TPSA) is 49.6 Å². The fourth-order valence-electron chi connectivity index (χ4n) is 4.03. The summed E-state index contributed by atoms with van der Waals surface area (Å²) in [7, 11) is 0. The van der Waals surface area contributed by atoms with E-state index in [1.165, 1.54) is 5.56 Å². The van der Waals surface area contributed by atoms with E-state index in [0.29, 0.717) is 5.91 Å². The smallest absolute Gasteiger partial charge is 0.230 e. The second kappa shape index (κ2) is 6.03. The average Bonchev–Trinajstić information content (AvgIpc) is 3.14. The van der Waals surface area contributed by atoms with Crippen molar-refractivity contribution in [2.75, 3.05) is 32.7 Å². The number of likely N-dealkylation sites (tertiary alicyclic amines) is 2. The van der Waals surface area contributed by atoms with Crippen LogP contribution in [-0.2, 0) is 11.2 Å². The number of hydrogen-bond acceptors (Lipinski definition) is 4. The van der Waals surface area contributed by atoms with Crippen molar-refractivity contribution in [3.8, 4) is 0 Å². The minimum atomic E-state index is -0.0894. The number of carbonyl (C=O) groups excluding carboxylic acids is 1. The van der Waals surface area contributed by atoms with Crippen molar-refractivity contribution in [1.29, 1.82) is 0 Å². The third-order valence-electron chi connectivity index (χ3n) is 5.39. The molecule has 0 aromatic carbocycles. The summed E-state index contributed by atoms with van der Waals surface area (Å²) in [6.07, 6.45) is 4.07. The maximum atomic E-state index is 12.7. The molecule has 3 heterocycles. The predicted octanol–water partition coefficient (Wildman–Crippen LogP) is 2.17. The van der Waals surface area contributed by atoms with E-state index in [1.807, 2.05) is 13.8 Å². The molecule has 1 atom stereocenters. The van der Waals surface area contributed by atoms with E-state index in [2.05, 4.69) is 21.9 Å². The van der Waals surface area contributed by atoms with Gasteiger partial charge in [0.15, 0.2) is 0 Å². The first kappa shape index (κ1) is 15.5.